The maximum Gasteiger partial charge on any atom is 0.337 e. The summed E-state index contributed by atoms with van der Waals surface area (Å²) in [6.07, 6.45) is 1.83. The Hall–Kier alpha value is -1.24. The Labute approximate surface area is 317 Å². The van der Waals surface area contributed by atoms with Gasteiger partial charge >= 0.3 is 5.97 Å². The van der Waals surface area contributed by atoms with Crippen molar-refractivity contribution < 1.29 is 27.5 Å². The van der Waals surface area contributed by atoms with E-state index in [0.29, 0.717) is 68.5 Å². The monoisotopic (exact) mass is 763 g/mol. The molecule has 9 heteroatoms. The number of esters is 1. The summed E-state index contributed by atoms with van der Waals surface area (Å²) in [4.78, 5) is 12.5. The van der Waals surface area contributed by atoms with E-state index in [-0.39, 0.29) is 24.3 Å². The molecule has 0 fully saturated rings. The van der Waals surface area contributed by atoms with Gasteiger partial charge in [0.15, 0.2) is 0 Å². The lowest BCUT2D eigenvalue weighted by atomic mass is 10.0. The average molecular weight is 763 g/mol. The highest BCUT2D eigenvalue weighted by atomic mass is 28.4. The topological polar surface area (TPSA) is 63.2 Å². The maximum absolute atomic E-state index is 12.5. The molecule has 0 saturated heterocycles. The summed E-state index contributed by atoms with van der Waals surface area (Å²) in [5.74, 6) is 0.513. The molecule has 2 rings (SSSR count). The molecule has 0 unspecified atom stereocenters. The smallest absolute Gasteiger partial charge is 0.337 e. The van der Waals surface area contributed by atoms with E-state index in [1.807, 2.05) is 12.1 Å². The van der Waals surface area contributed by atoms with Gasteiger partial charge in [0.1, 0.15) is 12.2 Å². The number of benzene rings is 1. The lowest BCUT2D eigenvalue weighted by Gasteiger charge is -2.52. The van der Waals surface area contributed by atoms with Crippen molar-refractivity contribution in [3.05, 3.63) is 47.2 Å². The van der Waals surface area contributed by atoms with Gasteiger partial charge in [-0.15, -0.1) is 0 Å². The summed E-state index contributed by atoms with van der Waals surface area (Å²) in [5, 5.41) is 0. The normalized spacial score (nSPS) is 19.5. The fourth-order valence-corrected chi connectivity index (χ4v) is 26.9. The minimum Gasteiger partial charge on any atom is -0.490 e. The number of ether oxygens (including phenoxy) is 2. The van der Waals surface area contributed by atoms with Crippen LogP contribution >= 0.6 is 0 Å². The fourth-order valence-electron chi connectivity index (χ4n) is 10.4. The molecule has 0 spiro atoms. The lowest BCUT2D eigenvalue weighted by molar-refractivity contribution is -0.0820. The van der Waals surface area contributed by atoms with Crippen LogP contribution in [0.1, 0.15) is 141 Å². The van der Waals surface area contributed by atoms with E-state index >= 15 is 0 Å². The quantitative estimate of drug-likeness (QED) is 0.103. The van der Waals surface area contributed by atoms with Gasteiger partial charge in [-0.2, -0.15) is 0 Å². The Kier molecular flexibility index (Phi) is 17.0. The maximum atomic E-state index is 12.5. The molecule has 0 radical (unpaired) electrons. The first-order chi connectivity index (χ1) is 23.6. The third-order valence-corrected chi connectivity index (χ3v) is 30.6. The van der Waals surface area contributed by atoms with Gasteiger partial charge in [0.05, 0.1) is 31.1 Å². The first-order valence-corrected chi connectivity index (χ1v) is 26.5. The predicted molar refractivity (Wildman–Crippen MR) is 223 cm³/mol. The van der Waals surface area contributed by atoms with Crippen LogP contribution in [0, 0.1) is 0 Å². The molecule has 1 aromatic rings. The summed E-state index contributed by atoms with van der Waals surface area (Å²) >= 11 is 0. The van der Waals surface area contributed by atoms with E-state index in [9.17, 15) is 4.79 Å². The lowest BCUT2D eigenvalue weighted by Crippen LogP contribution is -2.61. The van der Waals surface area contributed by atoms with Gasteiger partial charge in [0, 0.05) is 6.42 Å². The van der Waals surface area contributed by atoms with Gasteiger partial charge in [0.25, 0.3) is 0 Å². The Morgan fingerprint density at radius 2 is 1.08 bits per heavy atom. The van der Waals surface area contributed by atoms with Crippen molar-refractivity contribution in [2.75, 3.05) is 13.7 Å². The SMILES string of the molecule is COC(=O)c1cccc(CC2=C[C@@H](O[Si](C(C)C)(C(C)C)C(C)C)[C@@H](O[Si](C(C)C)(C(C)C)C(C)C)[C@@H](CO[Si](C(C)C)(C(C)C)C(C)C)O2)c1. The highest BCUT2D eigenvalue weighted by Gasteiger charge is 2.54. The zero-order valence-corrected chi connectivity index (χ0v) is 39.2. The van der Waals surface area contributed by atoms with Gasteiger partial charge in [-0.05, 0) is 73.6 Å². The van der Waals surface area contributed by atoms with Crippen LogP contribution in [0.2, 0.25) is 49.9 Å². The van der Waals surface area contributed by atoms with Gasteiger partial charge in [0.2, 0.25) is 25.0 Å². The third-order valence-electron chi connectivity index (χ3n) is 12.4. The summed E-state index contributed by atoms with van der Waals surface area (Å²) in [5.41, 5.74) is 5.32. The molecule has 51 heavy (non-hydrogen) atoms. The van der Waals surface area contributed by atoms with Gasteiger partial charge < -0.3 is 22.8 Å². The van der Waals surface area contributed by atoms with E-state index in [0.717, 1.165) is 11.3 Å². The van der Waals surface area contributed by atoms with Crippen LogP contribution < -0.4 is 0 Å². The van der Waals surface area contributed by atoms with Crippen molar-refractivity contribution in [3.8, 4) is 0 Å². The summed E-state index contributed by atoms with van der Waals surface area (Å²) in [6.45, 7) is 42.8. The third kappa shape index (κ3) is 9.71. The molecule has 6 nitrogen and oxygen atoms in total. The van der Waals surface area contributed by atoms with Crippen molar-refractivity contribution in [1.29, 1.82) is 0 Å². The molecule has 294 valence electrons. The molecule has 0 amide bonds. The molecule has 1 heterocycles. The predicted octanol–water partition coefficient (Wildman–Crippen LogP) is 12.6. The van der Waals surface area contributed by atoms with E-state index < -0.39 is 25.0 Å². The van der Waals surface area contributed by atoms with E-state index in [4.69, 9.17) is 22.8 Å². The zero-order valence-electron chi connectivity index (χ0n) is 36.2. The minimum absolute atomic E-state index is 0.290. The largest absolute Gasteiger partial charge is 0.490 e. The summed E-state index contributed by atoms with van der Waals surface area (Å²) in [7, 11) is -5.56. The number of carbonyl (C=O) groups is 1. The van der Waals surface area contributed by atoms with Crippen LogP contribution in [0.5, 0.6) is 0 Å². The number of rotatable bonds is 19. The second kappa shape index (κ2) is 18.9. The average Bonchev–Trinajstić information content (AvgIpc) is 3.01. The Morgan fingerprint density at radius 1 is 0.647 bits per heavy atom. The molecule has 1 aromatic carbocycles. The second-order valence-corrected chi connectivity index (χ2v) is 34.4. The first kappa shape index (κ1) is 45.9. The van der Waals surface area contributed by atoms with E-state index in [1.54, 1.807) is 6.07 Å². The molecule has 0 N–H and O–H groups in total. The van der Waals surface area contributed by atoms with Crippen molar-refractivity contribution in [2.24, 2.45) is 0 Å². The number of carbonyl (C=O) groups excluding carboxylic acids is 1. The van der Waals surface area contributed by atoms with Gasteiger partial charge in [-0.3, -0.25) is 0 Å². The van der Waals surface area contributed by atoms with E-state index in [2.05, 4.69) is 137 Å². The highest BCUT2D eigenvalue weighted by Crippen LogP contribution is 2.49. The molecule has 1 aliphatic heterocycles. The highest BCUT2D eigenvalue weighted by molar-refractivity contribution is 6.78. The number of methoxy groups -OCH3 is 1. The number of allylic oxidation sites excluding steroid dienone is 1. The molecule has 0 saturated carbocycles. The second-order valence-electron chi connectivity index (χ2n) is 18.1. The van der Waals surface area contributed by atoms with Crippen LogP contribution in [0.3, 0.4) is 0 Å². The Morgan fingerprint density at radius 3 is 1.49 bits per heavy atom. The minimum atomic E-state index is -2.39. The molecule has 0 aromatic heterocycles. The molecule has 3 atom stereocenters. The van der Waals surface area contributed by atoms with Crippen molar-refractivity contribution in [1.82, 2.24) is 0 Å². The number of hydrogen-bond acceptors (Lipinski definition) is 6. The van der Waals surface area contributed by atoms with Crippen LogP contribution in [0.15, 0.2) is 36.1 Å². The molecule has 0 bridgehead atoms. The zero-order chi connectivity index (χ0) is 39.2. The van der Waals surface area contributed by atoms with Gasteiger partial charge in [-0.25, -0.2) is 4.79 Å². The van der Waals surface area contributed by atoms with Crippen LogP contribution in [0.25, 0.3) is 0 Å². The molecular formula is C42H78O6Si3. The van der Waals surface area contributed by atoms with Gasteiger partial charge in [-0.1, -0.05) is 137 Å². The first-order valence-electron chi connectivity index (χ1n) is 20.1. The van der Waals surface area contributed by atoms with Crippen molar-refractivity contribution in [2.45, 2.75) is 199 Å². The van der Waals surface area contributed by atoms with E-state index in [1.165, 1.54) is 7.11 Å². The molecular weight excluding hydrogens is 685 g/mol. The Balaban J connectivity index is 2.92. The van der Waals surface area contributed by atoms with Crippen molar-refractivity contribution in [3.63, 3.8) is 0 Å². The molecule has 0 aliphatic carbocycles. The molecule has 1 aliphatic rings. The van der Waals surface area contributed by atoms with Crippen molar-refractivity contribution >= 4 is 30.9 Å². The fraction of sp³-hybridized carbons (Fsp3) is 0.786. The van der Waals surface area contributed by atoms with Crippen LogP contribution in [-0.2, 0) is 29.2 Å². The van der Waals surface area contributed by atoms with Crippen LogP contribution in [0.4, 0.5) is 0 Å². The number of hydrogen-bond donors (Lipinski definition) is 0. The standard InChI is InChI=1S/C42H78O6Si3/c1-27(2)49(28(3)4,29(5)6)45-26-40-41(48-51(33(13)14,34(15)16)35(17)18)39(47-50(30(7)8,31(9)10)32(11)12)25-38(46-40)24-36-21-20-22-37(23-36)42(43)44-19/h20-23,25,27-35,39-41H,24,26H2,1-19H3/t39-,40-,41-/m1/s1. The summed E-state index contributed by atoms with van der Waals surface area (Å²) < 4.78 is 35.2. The summed E-state index contributed by atoms with van der Waals surface area (Å²) in [6, 6.07) is 7.69. The Bertz CT molecular complexity index is 1200. The van der Waals surface area contributed by atoms with Crippen LogP contribution in [-0.4, -0.2) is 63.0 Å².